The van der Waals surface area contributed by atoms with Gasteiger partial charge in [-0.3, -0.25) is 0 Å². The summed E-state index contributed by atoms with van der Waals surface area (Å²) in [4.78, 5) is 9.05. The molecule has 0 bridgehead atoms. The van der Waals surface area contributed by atoms with Gasteiger partial charge < -0.3 is 19.8 Å². The molecule has 2 N–H and O–H groups in total. The van der Waals surface area contributed by atoms with Crippen LogP contribution in [-0.2, 0) is 11.3 Å². The molecule has 0 amide bonds. The van der Waals surface area contributed by atoms with Crippen LogP contribution in [0.5, 0.6) is 0 Å². The van der Waals surface area contributed by atoms with E-state index < -0.39 is 0 Å². The van der Waals surface area contributed by atoms with Crippen LogP contribution < -0.4 is 10.6 Å². The van der Waals surface area contributed by atoms with Crippen LogP contribution in [0.25, 0.3) is 11.5 Å². The van der Waals surface area contributed by atoms with E-state index in [-0.39, 0.29) is 0 Å². The first-order valence-electron chi connectivity index (χ1n) is 8.95. The molecule has 0 spiro atoms. The van der Waals surface area contributed by atoms with E-state index in [1.807, 2.05) is 37.3 Å². The van der Waals surface area contributed by atoms with Crippen LogP contribution >= 0.6 is 0 Å². The maximum absolute atomic E-state index is 5.63. The molecule has 0 aliphatic heterocycles. The standard InChI is InChI=1S/C19H26N4O2/c1-2-20-19(21-10-11-24-13-15-8-9-15)22-12-17-14-25-18(23-17)16-6-4-3-5-7-16/h3-7,14-15H,2,8-13H2,1H3,(H2,20,21,22). The minimum Gasteiger partial charge on any atom is -0.444 e. The topological polar surface area (TPSA) is 71.7 Å². The number of benzene rings is 1. The number of aliphatic imine (C=N–C) groups is 1. The summed E-state index contributed by atoms with van der Waals surface area (Å²) in [5.41, 5.74) is 1.77. The number of guanidine groups is 1. The largest absolute Gasteiger partial charge is 0.444 e. The molecule has 25 heavy (non-hydrogen) atoms. The van der Waals surface area contributed by atoms with Crippen LogP contribution in [0.2, 0.25) is 0 Å². The molecule has 1 aliphatic rings. The molecule has 1 saturated carbocycles. The van der Waals surface area contributed by atoms with Gasteiger partial charge in [-0.1, -0.05) is 18.2 Å². The molecule has 3 rings (SSSR count). The minimum atomic E-state index is 0.467. The summed E-state index contributed by atoms with van der Waals surface area (Å²) in [5.74, 6) is 2.19. The zero-order valence-corrected chi connectivity index (χ0v) is 14.7. The van der Waals surface area contributed by atoms with Crippen molar-refractivity contribution in [2.75, 3.05) is 26.3 Å². The summed E-state index contributed by atoms with van der Waals surface area (Å²) in [7, 11) is 0. The molecule has 1 aromatic heterocycles. The van der Waals surface area contributed by atoms with E-state index in [0.717, 1.165) is 42.8 Å². The maximum atomic E-state index is 5.63. The molecular weight excluding hydrogens is 316 g/mol. The monoisotopic (exact) mass is 342 g/mol. The van der Waals surface area contributed by atoms with Crippen LogP contribution in [0.3, 0.4) is 0 Å². The second kappa shape index (κ2) is 9.22. The first-order chi connectivity index (χ1) is 12.3. The first kappa shape index (κ1) is 17.5. The normalized spacial score (nSPS) is 14.5. The Kier molecular flexibility index (Phi) is 6.45. The number of nitrogens with zero attached hydrogens (tertiary/aromatic N) is 2. The first-order valence-corrected chi connectivity index (χ1v) is 8.95. The van der Waals surface area contributed by atoms with Gasteiger partial charge in [0.05, 0.1) is 13.2 Å². The van der Waals surface area contributed by atoms with Crippen LogP contribution in [0.15, 0.2) is 46.0 Å². The number of hydrogen-bond acceptors (Lipinski definition) is 4. The molecule has 0 radical (unpaired) electrons. The average molecular weight is 342 g/mol. The molecule has 0 unspecified atom stereocenters. The number of oxazole rings is 1. The summed E-state index contributed by atoms with van der Waals surface area (Å²) in [6.45, 7) is 5.65. The van der Waals surface area contributed by atoms with Crippen molar-refractivity contribution in [2.45, 2.75) is 26.3 Å². The predicted molar refractivity (Wildman–Crippen MR) is 98.3 cm³/mol. The Bertz CT molecular complexity index is 665. The van der Waals surface area contributed by atoms with E-state index in [1.54, 1.807) is 6.26 Å². The van der Waals surface area contributed by atoms with Gasteiger partial charge in [-0.2, -0.15) is 0 Å². The van der Waals surface area contributed by atoms with Crippen molar-refractivity contribution in [2.24, 2.45) is 10.9 Å². The Balaban J connectivity index is 1.47. The van der Waals surface area contributed by atoms with Gasteiger partial charge >= 0.3 is 0 Å². The summed E-state index contributed by atoms with van der Waals surface area (Å²) in [5, 5.41) is 6.51. The van der Waals surface area contributed by atoms with E-state index in [0.29, 0.717) is 19.0 Å². The molecule has 6 heteroatoms. The van der Waals surface area contributed by atoms with Gasteiger partial charge in [0.15, 0.2) is 5.96 Å². The second-order valence-electron chi connectivity index (χ2n) is 6.15. The lowest BCUT2D eigenvalue weighted by Crippen LogP contribution is -2.39. The highest BCUT2D eigenvalue weighted by atomic mass is 16.5. The number of aromatic nitrogens is 1. The molecular formula is C19H26N4O2. The molecule has 1 aromatic carbocycles. The Morgan fingerprint density at radius 2 is 2.12 bits per heavy atom. The number of nitrogens with one attached hydrogen (secondary N) is 2. The van der Waals surface area contributed by atoms with Gasteiger partial charge in [0.25, 0.3) is 0 Å². The van der Waals surface area contributed by atoms with E-state index in [4.69, 9.17) is 9.15 Å². The van der Waals surface area contributed by atoms with Gasteiger partial charge in [0.1, 0.15) is 12.0 Å². The van der Waals surface area contributed by atoms with Gasteiger partial charge in [0, 0.05) is 25.3 Å². The summed E-state index contributed by atoms with van der Waals surface area (Å²) in [6, 6.07) is 9.87. The minimum absolute atomic E-state index is 0.467. The molecule has 1 aliphatic carbocycles. The predicted octanol–water partition coefficient (Wildman–Crippen LogP) is 2.82. The van der Waals surface area contributed by atoms with Gasteiger partial charge in [0.2, 0.25) is 5.89 Å². The lowest BCUT2D eigenvalue weighted by Gasteiger charge is -2.11. The highest BCUT2D eigenvalue weighted by Crippen LogP contribution is 2.28. The van der Waals surface area contributed by atoms with Crippen molar-refractivity contribution in [1.82, 2.24) is 15.6 Å². The van der Waals surface area contributed by atoms with Crippen LogP contribution in [0.4, 0.5) is 0 Å². The third-order valence-corrected chi connectivity index (χ3v) is 3.91. The van der Waals surface area contributed by atoms with Gasteiger partial charge in [-0.05, 0) is 37.8 Å². The molecule has 0 atom stereocenters. The Hall–Kier alpha value is -2.34. The second-order valence-corrected chi connectivity index (χ2v) is 6.15. The molecule has 134 valence electrons. The Labute approximate surface area is 148 Å². The van der Waals surface area contributed by atoms with Crippen LogP contribution in [0.1, 0.15) is 25.5 Å². The summed E-state index contributed by atoms with van der Waals surface area (Å²) >= 11 is 0. The van der Waals surface area contributed by atoms with Crippen molar-refractivity contribution in [3.05, 3.63) is 42.3 Å². The SMILES string of the molecule is CCNC(=NCc1coc(-c2ccccc2)n1)NCCOCC1CC1. The molecule has 6 nitrogen and oxygen atoms in total. The smallest absolute Gasteiger partial charge is 0.226 e. The number of rotatable bonds is 9. The number of hydrogen-bond donors (Lipinski definition) is 2. The van der Waals surface area contributed by atoms with Crippen molar-refractivity contribution < 1.29 is 9.15 Å². The van der Waals surface area contributed by atoms with E-state index >= 15 is 0 Å². The third-order valence-electron chi connectivity index (χ3n) is 3.91. The average Bonchev–Trinajstić information content (AvgIpc) is 3.35. The zero-order valence-electron chi connectivity index (χ0n) is 14.7. The fourth-order valence-electron chi connectivity index (χ4n) is 2.37. The highest BCUT2D eigenvalue weighted by Gasteiger charge is 2.20. The molecule has 2 aromatic rings. The van der Waals surface area contributed by atoms with Crippen molar-refractivity contribution in [3.63, 3.8) is 0 Å². The van der Waals surface area contributed by atoms with E-state index in [9.17, 15) is 0 Å². The third kappa shape index (κ3) is 5.90. The zero-order chi connectivity index (χ0) is 17.3. The molecule has 1 fully saturated rings. The van der Waals surface area contributed by atoms with Crippen molar-refractivity contribution in [1.29, 1.82) is 0 Å². The van der Waals surface area contributed by atoms with Gasteiger partial charge in [-0.15, -0.1) is 0 Å². The Morgan fingerprint density at radius 1 is 1.28 bits per heavy atom. The fourth-order valence-corrected chi connectivity index (χ4v) is 2.37. The van der Waals surface area contributed by atoms with Crippen molar-refractivity contribution >= 4 is 5.96 Å². The van der Waals surface area contributed by atoms with E-state index in [2.05, 4.69) is 20.6 Å². The highest BCUT2D eigenvalue weighted by molar-refractivity contribution is 5.79. The van der Waals surface area contributed by atoms with Crippen LogP contribution in [-0.4, -0.2) is 37.2 Å². The summed E-state index contributed by atoms with van der Waals surface area (Å²) in [6.07, 6.45) is 4.30. The van der Waals surface area contributed by atoms with E-state index in [1.165, 1.54) is 12.8 Å². The fraction of sp³-hybridized carbons (Fsp3) is 0.474. The lowest BCUT2D eigenvalue weighted by molar-refractivity contribution is 0.129. The Morgan fingerprint density at radius 3 is 2.88 bits per heavy atom. The molecule has 1 heterocycles. The quantitative estimate of drug-likeness (QED) is 0.416. The molecule has 0 saturated heterocycles. The van der Waals surface area contributed by atoms with Crippen LogP contribution in [0, 0.1) is 5.92 Å². The van der Waals surface area contributed by atoms with Crippen molar-refractivity contribution in [3.8, 4) is 11.5 Å². The maximum Gasteiger partial charge on any atom is 0.226 e. The number of ether oxygens (including phenoxy) is 1. The lowest BCUT2D eigenvalue weighted by atomic mass is 10.2. The summed E-state index contributed by atoms with van der Waals surface area (Å²) < 4.78 is 11.2. The van der Waals surface area contributed by atoms with Gasteiger partial charge in [-0.25, -0.2) is 9.98 Å².